The molecular formula is C58H72BN2O+. The molecule has 0 amide bonds. The molecule has 3 aliphatic heterocycles. The Bertz CT molecular complexity index is 2470. The predicted molar refractivity (Wildman–Crippen MR) is 260 cm³/mol. The highest BCUT2D eigenvalue weighted by Crippen LogP contribution is 2.71. The lowest BCUT2D eigenvalue weighted by Crippen LogP contribution is -2.74. The number of pyridine rings is 1. The van der Waals surface area contributed by atoms with Gasteiger partial charge >= 0.3 is 0 Å². The van der Waals surface area contributed by atoms with E-state index in [0.717, 1.165) is 58.6 Å². The number of hydrogen-bond acceptors (Lipinski definition) is 2. The molecule has 1 saturated carbocycles. The monoisotopic (exact) mass is 824 g/mol. The van der Waals surface area contributed by atoms with Gasteiger partial charge in [-0.15, -0.1) is 0 Å². The molecule has 3 nitrogen and oxygen atoms in total. The van der Waals surface area contributed by atoms with Crippen LogP contribution in [-0.2, 0) is 16.7 Å². The van der Waals surface area contributed by atoms with Gasteiger partial charge in [-0.1, -0.05) is 129 Å². The minimum atomic E-state index is -0.113. The third kappa shape index (κ3) is 5.40. The Morgan fingerprint density at radius 1 is 0.919 bits per heavy atom. The topological polar surface area (TPSA) is 16.4 Å². The molecule has 2 aromatic rings. The molecule has 0 N–H and O–H groups in total. The largest absolute Gasteiger partial charge is 0.493 e. The van der Waals surface area contributed by atoms with E-state index >= 15 is 0 Å². The van der Waals surface area contributed by atoms with Crippen molar-refractivity contribution >= 4 is 24.0 Å². The zero-order valence-corrected chi connectivity index (χ0v) is 39.7. The summed E-state index contributed by atoms with van der Waals surface area (Å²) in [4.78, 5) is 2.94. The van der Waals surface area contributed by atoms with Crippen LogP contribution in [0.3, 0.4) is 0 Å². The standard InChI is InChI=1S/C58H72BN2O/c1-11-56(7,8)31-36-30-48-41-21-13-16-25-44(41)57(9)45(32-58(57,12-2)60(48)33-46(36)59-10)50-43-29-28-40-39-20-15-18-27-49(39)62-55(40)52(43)54-51(50)42-22-14-17-26-47(42)61(54)53-37(34(3)4)23-19-24-38(53)35(5)6/h15-17,19-20,23-26,28-30,32-35,39,43,49-52,54,59H,11-14,18,21-22,27,31H2,1-10H3/q+1/t39?,43?,49?,50-,51+,52?,54?,57?,58?/m0/s1. The fourth-order valence-corrected chi connectivity index (χ4v) is 14.8. The maximum Gasteiger partial charge on any atom is 0.209 e. The first-order chi connectivity index (χ1) is 29.9. The summed E-state index contributed by atoms with van der Waals surface area (Å²) in [7, 11) is 1.07. The number of benzene rings is 1. The lowest BCUT2D eigenvalue weighted by atomic mass is 9.45. The lowest BCUT2D eigenvalue weighted by Gasteiger charge is -2.58. The molecule has 9 atom stereocenters. The van der Waals surface area contributed by atoms with Gasteiger partial charge in [0.1, 0.15) is 11.9 Å². The zero-order valence-electron chi connectivity index (χ0n) is 39.7. The quantitative estimate of drug-likeness (QED) is 0.142. The van der Waals surface area contributed by atoms with Crippen LogP contribution in [0.25, 0.3) is 5.57 Å². The number of hydrogen-bond donors (Lipinski definition) is 0. The zero-order chi connectivity index (χ0) is 43.0. The highest BCUT2D eigenvalue weighted by atomic mass is 16.5. The van der Waals surface area contributed by atoms with Crippen molar-refractivity contribution in [2.75, 3.05) is 4.90 Å². The van der Waals surface area contributed by atoms with Crippen LogP contribution in [0.4, 0.5) is 5.69 Å². The molecule has 4 heterocycles. The van der Waals surface area contributed by atoms with Crippen LogP contribution >= 0.6 is 0 Å². The van der Waals surface area contributed by atoms with E-state index in [1.165, 1.54) is 51.4 Å². The van der Waals surface area contributed by atoms with Crippen molar-refractivity contribution in [3.63, 3.8) is 0 Å². The fraction of sp³-hybridized carbons (Fsp3) is 0.534. The maximum absolute atomic E-state index is 7.42. The maximum atomic E-state index is 7.42. The molecule has 9 aliphatic rings. The summed E-state index contributed by atoms with van der Waals surface area (Å²) in [6.07, 6.45) is 36.3. The molecule has 62 heavy (non-hydrogen) atoms. The SMILES string of the molecule is CBc1c[n+]2c(cc1CC(C)(C)CC)C1=C(C=CCC1)C1(C)C([C@@H]3C4C=CC5=C(OC6CCC=CC56)C4C4[C@@H]3C3=C(C=CCC3)N4c3c(C(C)C)cccc3C(C)C)=CC21CC. The van der Waals surface area contributed by atoms with Crippen molar-refractivity contribution in [2.45, 2.75) is 156 Å². The van der Waals surface area contributed by atoms with E-state index in [-0.39, 0.29) is 22.5 Å². The summed E-state index contributed by atoms with van der Waals surface area (Å²) < 4.78 is 10.2. The van der Waals surface area contributed by atoms with Crippen molar-refractivity contribution in [1.82, 2.24) is 0 Å². The molecule has 0 saturated heterocycles. The van der Waals surface area contributed by atoms with Gasteiger partial charge in [-0.2, -0.15) is 4.57 Å². The third-order valence-electron chi connectivity index (χ3n) is 18.2. The van der Waals surface area contributed by atoms with E-state index in [4.69, 9.17) is 4.74 Å². The minimum Gasteiger partial charge on any atom is -0.493 e. The average molecular weight is 824 g/mol. The van der Waals surface area contributed by atoms with Gasteiger partial charge < -0.3 is 9.64 Å². The van der Waals surface area contributed by atoms with Crippen LogP contribution in [0.2, 0.25) is 6.82 Å². The van der Waals surface area contributed by atoms with Crippen LogP contribution < -0.4 is 14.9 Å². The Balaban J connectivity index is 1.14. The van der Waals surface area contributed by atoms with Crippen molar-refractivity contribution in [3.8, 4) is 0 Å². The van der Waals surface area contributed by atoms with Crippen LogP contribution in [0, 0.1) is 40.4 Å². The molecule has 6 aliphatic carbocycles. The van der Waals surface area contributed by atoms with Crippen LogP contribution in [0.15, 0.2) is 119 Å². The number of rotatable bonds is 9. The van der Waals surface area contributed by atoms with Crippen LogP contribution in [0.1, 0.15) is 148 Å². The first kappa shape index (κ1) is 40.7. The first-order valence-electron chi connectivity index (χ1n) is 25.2. The summed E-state index contributed by atoms with van der Waals surface area (Å²) in [6, 6.07) is 10.2. The van der Waals surface area contributed by atoms with E-state index in [1.54, 1.807) is 27.9 Å². The van der Waals surface area contributed by atoms with Crippen molar-refractivity contribution in [3.05, 3.63) is 141 Å². The minimum absolute atomic E-state index is 0.113. The van der Waals surface area contributed by atoms with Gasteiger partial charge in [-0.25, -0.2) is 0 Å². The van der Waals surface area contributed by atoms with Gasteiger partial charge in [-0.3, -0.25) is 0 Å². The van der Waals surface area contributed by atoms with Gasteiger partial charge in [0.25, 0.3) is 0 Å². The summed E-state index contributed by atoms with van der Waals surface area (Å²) in [5.41, 5.74) is 18.7. The van der Waals surface area contributed by atoms with E-state index in [1.807, 2.05) is 0 Å². The predicted octanol–water partition coefficient (Wildman–Crippen LogP) is 12.6. The molecule has 7 unspecified atom stereocenters. The van der Waals surface area contributed by atoms with E-state index in [9.17, 15) is 0 Å². The Hall–Kier alpha value is -4.05. The first-order valence-corrected chi connectivity index (χ1v) is 25.2. The molecule has 0 radical (unpaired) electrons. The van der Waals surface area contributed by atoms with E-state index in [0.29, 0.717) is 47.5 Å². The second-order valence-corrected chi connectivity index (χ2v) is 22.3. The molecule has 11 rings (SSSR count). The third-order valence-corrected chi connectivity index (χ3v) is 18.2. The number of nitrogens with zero attached hydrogens (tertiary/aromatic N) is 2. The average Bonchev–Trinajstić information content (AvgIpc) is 3.93. The number of para-hydroxylation sites is 1. The van der Waals surface area contributed by atoms with E-state index < -0.39 is 0 Å². The second kappa shape index (κ2) is 14.5. The number of fused-ring (bicyclic) bond motifs is 12. The number of anilines is 1. The Kier molecular flexibility index (Phi) is 9.51. The fourth-order valence-electron chi connectivity index (χ4n) is 14.8. The Morgan fingerprint density at radius 3 is 2.40 bits per heavy atom. The summed E-state index contributed by atoms with van der Waals surface area (Å²) in [6.45, 7) is 24.5. The second-order valence-electron chi connectivity index (χ2n) is 22.3. The van der Waals surface area contributed by atoms with Crippen molar-refractivity contribution in [2.24, 2.45) is 40.4 Å². The molecule has 1 aromatic carbocycles. The molecule has 4 heteroatoms. The highest BCUT2D eigenvalue weighted by Gasteiger charge is 2.73. The smallest absolute Gasteiger partial charge is 0.209 e. The lowest BCUT2D eigenvalue weighted by molar-refractivity contribution is -0.773. The summed E-state index contributed by atoms with van der Waals surface area (Å²) in [5.74, 6) is 4.02. The van der Waals surface area contributed by atoms with Gasteiger partial charge in [0.15, 0.2) is 19.0 Å². The van der Waals surface area contributed by atoms with Crippen molar-refractivity contribution < 1.29 is 9.30 Å². The molecule has 1 fully saturated rings. The Morgan fingerprint density at radius 2 is 1.68 bits per heavy atom. The number of aromatic nitrogens is 1. The summed E-state index contributed by atoms with van der Waals surface area (Å²) >= 11 is 0. The molecule has 1 aromatic heterocycles. The van der Waals surface area contributed by atoms with Gasteiger partial charge in [0, 0.05) is 52.8 Å². The van der Waals surface area contributed by atoms with Crippen molar-refractivity contribution in [1.29, 1.82) is 0 Å². The molecule has 0 bridgehead atoms. The van der Waals surface area contributed by atoms with Gasteiger partial charge in [0.05, 0.1) is 11.5 Å². The van der Waals surface area contributed by atoms with E-state index in [2.05, 4.69) is 164 Å². The van der Waals surface area contributed by atoms with Crippen LogP contribution in [0.5, 0.6) is 0 Å². The van der Waals surface area contributed by atoms with Crippen LogP contribution in [-0.4, -0.2) is 19.4 Å². The van der Waals surface area contributed by atoms with Gasteiger partial charge in [-0.05, 0) is 132 Å². The molecule has 322 valence electrons. The van der Waals surface area contributed by atoms with Gasteiger partial charge in [0.2, 0.25) is 5.69 Å². The molecule has 0 spiro atoms. The summed E-state index contributed by atoms with van der Waals surface area (Å²) in [5, 5.41) is 0. The Labute approximate surface area is 374 Å². The highest BCUT2D eigenvalue weighted by molar-refractivity contribution is 6.52. The molecular weight excluding hydrogens is 751 g/mol. The number of ether oxygens (including phenoxy) is 1. The normalized spacial score (nSPS) is 33.5. The number of allylic oxidation sites excluding steroid dienone is 11.